The van der Waals surface area contributed by atoms with E-state index in [1.807, 2.05) is 18.3 Å². The van der Waals surface area contributed by atoms with Gasteiger partial charge in [-0.1, -0.05) is 13.0 Å². The van der Waals surface area contributed by atoms with Gasteiger partial charge in [0.2, 0.25) is 5.91 Å². The predicted molar refractivity (Wildman–Crippen MR) is 85.0 cm³/mol. The molecule has 0 saturated carbocycles. The lowest BCUT2D eigenvalue weighted by Crippen LogP contribution is -2.39. The minimum absolute atomic E-state index is 0.291. The highest BCUT2D eigenvalue weighted by atomic mass is 16.2. The summed E-state index contributed by atoms with van der Waals surface area (Å²) in [6.07, 6.45) is 8.42. The molecule has 1 aliphatic heterocycles. The second-order valence-electron chi connectivity index (χ2n) is 5.89. The Morgan fingerprint density at radius 1 is 1.43 bits per heavy atom. The summed E-state index contributed by atoms with van der Waals surface area (Å²) in [5.74, 6) is 0.958. The van der Waals surface area contributed by atoms with Gasteiger partial charge in [0.15, 0.2) is 0 Å². The zero-order valence-electron chi connectivity index (χ0n) is 13.1. The van der Waals surface area contributed by atoms with Crippen LogP contribution in [0.1, 0.15) is 38.2 Å². The van der Waals surface area contributed by atoms with Crippen molar-refractivity contribution in [2.45, 2.75) is 39.0 Å². The summed E-state index contributed by atoms with van der Waals surface area (Å²) in [5.41, 5.74) is 1.14. The quantitative estimate of drug-likeness (QED) is 0.837. The molecule has 0 aromatic carbocycles. The number of carbonyl (C=O) groups excluding carboxylic acids is 1. The van der Waals surface area contributed by atoms with E-state index in [0.29, 0.717) is 18.2 Å². The lowest BCUT2D eigenvalue weighted by atomic mass is 9.97. The first kappa shape index (κ1) is 16.0. The van der Waals surface area contributed by atoms with Gasteiger partial charge in [-0.3, -0.25) is 9.78 Å². The van der Waals surface area contributed by atoms with Crippen LogP contribution in [0, 0.1) is 5.92 Å². The third-order valence-electron chi connectivity index (χ3n) is 4.13. The third kappa shape index (κ3) is 5.46. The number of nitrogens with zero attached hydrogens (tertiary/aromatic N) is 2. The maximum absolute atomic E-state index is 12.5. The lowest BCUT2D eigenvalue weighted by molar-refractivity contribution is -0.132. The van der Waals surface area contributed by atoms with E-state index < -0.39 is 0 Å². The second-order valence-corrected chi connectivity index (χ2v) is 5.89. The van der Waals surface area contributed by atoms with Crippen molar-refractivity contribution in [1.82, 2.24) is 15.2 Å². The summed E-state index contributed by atoms with van der Waals surface area (Å²) in [4.78, 5) is 18.7. The van der Waals surface area contributed by atoms with Crippen molar-refractivity contribution in [2.24, 2.45) is 5.92 Å². The standard InChI is InChI=1S/C17H27N3O/c1-2-12-20(14-16-7-10-18-11-8-16)17(21)6-5-15-4-3-9-19-13-15/h3-4,9,13,16,18H,2,5-8,10-12,14H2,1H3. The zero-order chi connectivity index (χ0) is 14.9. The van der Waals surface area contributed by atoms with E-state index in [-0.39, 0.29) is 0 Å². The molecule has 0 unspecified atom stereocenters. The van der Waals surface area contributed by atoms with Gasteiger partial charge in [0.05, 0.1) is 0 Å². The van der Waals surface area contributed by atoms with Crippen molar-refractivity contribution in [2.75, 3.05) is 26.2 Å². The number of carbonyl (C=O) groups is 1. The van der Waals surface area contributed by atoms with E-state index in [0.717, 1.165) is 44.6 Å². The highest BCUT2D eigenvalue weighted by Gasteiger charge is 2.20. The van der Waals surface area contributed by atoms with Gasteiger partial charge in [-0.05, 0) is 56.3 Å². The van der Waals surface area contributed by atoms with E-state index in [2.05, 4.69) is 22.1 Å². The molecular weight excluding hydrogens is 262 g/mol. The fourth-order valence-electron chi connectivity index (χ4n) is 2.92. The summed E-state index contributed by atoms with van der Waals surface area (Å²) in [6, 6.07) is 3.97. The van der Waals surface area contributed by atoms with Gasteiger partial charge >= 0.3 is 0 Å². The Bertz CT molecular complexity index is 415. The van der Waals surface area contributed by atoms with Crippen LogP contribution in [0.25, 0.3) is 0 Å². The Morgan fingerprint density at radius 2 is 2.24 bits per heavy atom. The summed E-state index contributed by atoms with van der Waals surface area (Å²) in [5, 5.41) is 3.39. The molecule has 0 bridgehead atoms. The number of pyridine rings is 1. The minimum Gasteiger partial charge on any atom is -0.342 e. The molecule has 1 saturated heterocycles. The predicted octanol–water partition coefficient (Wildman–Crippen LogP) is 2.25. The Morgan fingerprint density at radius 3 is 2.90 bits per heavy atom. The molecule has 0 aliphatic carbocycles. The fourth-order valence-corrected chi connectivity index (χ4v) is 2.92. The molecule has 0 atom stereocenters. The second kappa shape index (κ2) is 8.78. The number of hydrogen-bond donors (Lipinski definition) is 1. The molecule has 0 spiro atoms. The largest absolute Gasteiger partial charge is 0.342 e. The van der Waals surface area contributed by atoms with Crippen molar-refractivity contribution >= 4 is 5.91 Å². The SMILES string of the molecule is CCCN(CC1CCNCC1)C(=O)CCc1cccnc1. The lowest BCUT2D eigenvalue weighted by Gasteiger charge is -2.30. The van der Waals surface area contributed by atoms with Crippen LogP contribution in [-0.2, 0) is 11.2 Å². The smallest absolute Gasteiger partial charge is 0.222 e. The maximum Gasteiger partial charge on any atom is 0.222 e. The van der Waals surface area contributed by atoms with Crippen molar-refractivity contribution < 1.29 is 4.79 Å². The number of amides is 1. The molecular formula is C17H27N3O. The minimum atomic E-state index is 0.291. The topological polar surface area (TPSA) is 45.2 Å². The van der Waals surface area contributed by atoms with Crippen LogP contribution in [0.5, 0.6) is 0 Å². The molecule has 0 radical (unpaired) electrons. The molecule has 2 heterocycles. The van der Waals surface area contributed by atoms with Crippen LogP contribution >= 0.6 is 0 Å². The Labute approximate surface area is 127 Å². The van der Waals surface area contributed by atoms with Gasteiger partial charge in [0.1, 0.15) is 0 Å². The maximum atomic E-state index is 12.5. The molecule has 116 valence electrons. The van der Waals surface area contributed by atoms with E-state index in [9.17, 15) is 4.79 Å². The molecule has 1 N–H and O–H groups in total. The number of nitrogens with one attached hydrogen (secondary N) is 1. The summed E-state index contributed by atoms with van der Waals surface area (Å²) >= 11 is 0. The van der Waals surface area contributed by atoms with Crippen LogP contribution in [0.15, 0.2) is 24.5 Å². The normalized spacial score (nSPS) is 15.9. The van der Waals surface area contributed by atoms with Gasteiger partial charge in [0.25, 0.3) is 0 Å². The number of aryl methyl sites for hydroxylation is 1. The first-order chi connectivity index (χ1) is 10.3. The molecule has 21 heavy (non-hydrogen) atoms. The number of hydrogen-bond acceptors (Lipinski definition) is 3. The Kier molecular flexibility index (Phi) is 6.67. The average molecular weight is 289 g/mol. The molecule has 4 nitrogen and oxygen atoms in total. The number of aromatic nitrogens is 1. The molecule has 1 fully saturated rings. The summed E-state index contributed by atoms with van der Waals surface area (Å²) < 4.78 is 0. The number of rotatable bonds is 7. The molecule has 1 amide bonds. The number of piperidine rings is 1. The van der Waals surface area contributed by atoms with Crippen molar-refractivity contribution in [1.29, 1.82) is 0 Å². The van der Waals surface area contributed by atoms with E-state index in [1.165, 1.54) is 12.8 Å². The first-order valence-corrected chi connectivity index (χ1v) is 8.17. The van der Waals surface area contributed by atoms with E-state index in [4.69, 9.17) is 0 Å². The van der Waals surface area contributed by atoms with Crippen LogP contribution in [0.2, 0.25) is 0 Å². The van der Waals surface area contributed by atoms with Gasteiger partial charge in [0, 0.05) is 31.9 Å². The zero-order valence-corrected chi connectivity index (χ0v) is 13.1. The van der Waals surface area contributed by atoms with Crippen LogP contribution in [0.4, 0.5) is 0 Å². The molecule has 2 rings (SSSR count). The molecule has 1 aromatic rings. The van der Waals surface area contributed by atoms with Crippen LogP contribution in [0.3, 0.4) is 0 Å². The molecule has 1 aromatic heterocycles. The highest BCUT2D eigenvalue weighted by molar-refractivity contribution is 5.76. The monoisotopic (exact) mass is 289 g/mol. The third-order valence-corrected chi connectivity index (χ3v) is 4.13. The van der Waals surface area contributed by atoms with Crippen LogP contribution < -0.4 is 5.32 Å². The Hall–Kier alpha value is -1.42. The summed E-state index contributed by atoms with van der Waals surface area (Å²) in [6.45, 7) is 6.14. The fraction of sp³-hybridized carbons (Fsp3) is 0.647. The highest BCUT2D eigenvalue weighted by Crippen LogP contribution is 2.15. The van der Waals surface area contributed by atoms with Crippen LogP contribution in [-0.4, -0.2) is 42.0 Å². The van der Waals surface area contributed by atoms with Gasteiger partial charge < -0.3 is 10.2 Å². The van der Waals surface area contributed by atoms with Gasteiger partial charge in [-0.15, -0.1) is 0 Å². The van der Waals surface area contributed by atoms with Gasteiger partial charge in [-0.25, -0.2) is 0 Å². The average Bonchev–Trinajstić information content (AvgIpc) is 2.54. The van der Waals surface area contributed by atoms with Gasteiger partial charge in [-0.2, -0.15) is 0 Å². The Balaban J connectivity index is 1.82. The van der Waals surface area contributed by atoms with E-state index in [1.54, 1.807) is 6.20 Å². The first-order valence-electron chi connectivity index (χ1n) is 8.17. The molecule has 1 aliphatic rings. The van der Waals surface area contributed by atoms with Crippen molar-refractivity contribution in [3.8, 4) is 0 Å². The van der Waals surface area contributed by atoms with Crippen molar-refractivity contribution in [3.63, 3.8) is 0 Å². The van der Waals surface area contributed by atoms with E-state index >= 15 is 0 Å². The summed E-state index contributed by atoms with van der Waals surface area (Å²) in [7, 11) is 0. The molecule has 4 heteroatoms. The van der Waals surface area contributed by atoms with Crippen molar-refractivity contribution in [3.05, 3.63) is 30.1 Å².